The number of carbonyl (C=O) groups excluding carboxylic acids is 1. The van der Waals surface area contributed by atoms with Gasteiger partial charge in [0.1, 0.15) is 17.8 Å². The zero-order valence-electron chi connectivity index (χ0n) is 18.8. The summed E-state index contributed by atoms with van der Waals surface area (Å²) in [6, 6.07) is 14.4. The fraction of sp³-hybridized carbons (Fsp3) is 0.160. The molecule has 10 heteroatoms. The molecule has 1 amide bonds. The summed E-state index contributed by atoms with van der Waals surface area (Å²) in [6.45, 7) is 9.48. The van der Waals surface area contributed by atoms with E-state index in [0.29, 0.717) is 16.3 Å². The topological polar surface area (TPSA) is 115 Å². The molecule has 2 aromatic carbocycles. The lowest BCUT2D eigenvalue weighted by atomic mass is 9.80. The monoisotopic (exact) mass is 489 g/mol. The van der Waals surface area contributed by atoms with Crippen molar-refractivity contribution in [2.75, 3.05) is 5.32 Å². The van der Waals surface area contributed by atoms with Crippen LogP contribution in [0.5, 0.6) is 5.75 Å². The number of nitrogens with zero attached hydrogens (tertiary/aromatic N) is 4. The van der Waals surface area contributed by atoms with Crippen molar-refractivity contribution in [3.05, 3.63) is 110 Å². The first-order chi connectivity index (χ1) is 16.8. The van der Waals surface area contributed by atoms with Crippen LogP contribution in [-0.2, 0) is 7.05 Å². The third-order valence-electron chi connectivity index (χ3n) is 5.75. The van der Waals surface area contributed by atoms with Crippen LogP contribution in [0.2, 0.25) is 5.02 Å². The maximum absolute atomic E-state index is 12.9. The van der Waals surface area contributed by atoms with E-state index >= 15 is 0 Å². The van der Waals surface area contributed by atoms with Crippen molar-refractivity contribution >= 4 is 28.9 Å². The molecule has 0 radical (unpaired) electrons. The number of nitrogens with one attached hydrogen (secondary N) is 1. The summed E-state index contributed by atoms with van der Waals surface area (Å²) >= 11 is 6.57. The predicted octanol–water partition coefficient (Wildman–Crippen LogP) is 4.87. The van der Waals surface area contributed by atoms with E-state index in [2.05, 4.69) is 20.3 Å². The predicted molar refractivity (Wildman–Crippen MR) is 130 cm³/mol. The molecule has 0 aliphatic heterocycles. The summed E-state index contributed by atoms with van der Waals surface area (Å²) in [5.74, 6) is -2.36. The van der Waals surface area contributed by atoms with E-state index < -0.39 is 34.7 Å². The lowest BCUT2D eigenvalue weighted by Gasteiger charge is -2.28. The largest absolute Gasteiger partial charge is 0.501 e. The average molecular weight is 490 g/mol. The molecule has 176 valence electrons. The van der Waals surface area contributed by atoms with Crippen LogP contribution in [0.1, 0.15) is 46.2 Å². The minimum Gasteiger partial charge on any atom is -0.501 e. The van der Waals surface area contributed by atoms with Crippen molar-refractivity contribution < 1.29 is 14.4 Å². The molecule has 0 fully saturated rings. The number of carbonyl (C=O) groups is 1. The average Bonchev–Trinajstić information content (AvgIpc) is 3.37. The van der Waals surface area contributed by atoms with E-state index in [1.54, 1.807) is 24.3 Å². The fourth-order valence-electron chi connectivity index (χ4n) is 4.06. The van der Waals surface area contributed by atoms with Crippen molar-refractivity contribution in [1.82, 2.24) is 14.7 Å². The summed E-state index contributed by atoms with van der Waals surface area (Å²) in [6.07, 6.45) is 2.47. The Balaban J connectivity index is 1.89. The smallest absolute Gasteiger partial charge is 0.296 e. The number of halogens is 1. The number of amides is 1. The number of rotatable bonds is 6. The van der Waals surface area contributed by atoms with Crippen LogP contribution in [0.25, 0.3) is 4.85 Å². The SMILES string of the molecule is [C-]#[N+]c1ccccc1[C@H](c1ccccc1Cl)[C@@H](C)c1nc(C(=O)Nc2cnoc2)c(O)c(=O)n1C. The van der Waals surface area contributed by atoms with E-state index in [1.165, 1.54) is 24.1 Å². The van der Waals surface area contributed by atoms with Crippen molar-refractivity contribution in [3.8, 4) is 5.75 Å². The Morgan fingerprint density at radius 3 is 2.54 bits per heavy atom. The van der Waals surface area contributed by atoms with Gasteiger partial charge in [-0.1, -0.05) is 66.1 Å². The molecule has 0 saturated carbocycles. The Labute approximate surface area is 205 Å². The molecule has 35 heavy (non-hydrogen) atoms. The molecule has 0 aliphatic rings. The zero-order chi connectivity index (χ0) is 25.1. The van der Waals surface area contributed by atoms with Crippen molar-refractivity contribution in [1.29, 1.82) is 0 Å². The number of aromatic hydroxyl groups is 1. The van der Waals surface area contributed by atoms with Crippen LogP contribution < -0.4 is 10.9 Å². The van der Waals surface area contributed by atoms with Gasteiger partial charge in [0.2, 0.25) is 5.75 Å². The molecule has 2 aromatic heterocycles. The maximum atomic E-state index is 12.9. The second kappa shape index (κ2) is 9.83. The number of benzene rings is 2. The van der Waals surface area contributed by atoms with Gasteiger partial charge in [-0.15, -0.1) is 0 Å². The molecule has 9 nitrogen and oxygen atoms in total. The molecule has 0 bridgehead atoms. The number of para-hydroxylation sites is 1. The van der Waals surface area contributed by atoms with Crippen molar-refractivity contribution in [2.45, 2.75) is 18.8 Å². The van der Waals surface area contributed by atoms with E-state index in [0.717, 1.165) is 5.56 Å². The van der Waals surface area contributed by atoms with Gasteiger partial charge in [-0.3, -0.25) is 14.2 Å². The van der Waals surface area contributed by atoms with E-state index in [-0.39, 0.29) is 11.5 Å². The van der Waals surface area contributed by atoms with Gasteiger partial charge in [0, 0.05) is 23.9 Å². The van der Waals surface area contributed by atoms with Crippen LogP contribution in [0.4, 0.5) is 11.4 Å². The van der Waals surface area contributed by atoms with E-state index in [4.69, 9.17) is 22.7 Å². The van der Waals surface area contributed by atoms with Gasteiger partial charge in [0.25, 0.3) is 11.5 Å². The van der Waals surface area contributed by atoms with Gasteiger partial charge >= 0.3 is 0 Å². The zero-order valence-corrected chi connectivity index (χ0v) is 19.5. The molecular formula is C25H20ClN5O4. The maximum Gasteiger partial charge on any atom is 0.296 e. The highest BCUT2D eigenvalue weighted by Crippen LogP contribution is 2.43. The molecule has 0 unspecified atom stereocenters. The molecule has 0 saturated heterocycles. The van der Waals surface area contributed by atoms with Gasteiger partial charge in [-0.2, -0.15) is 0 Å². The quantitative estimate of drug-likeness (QED) is 0.373. The number of anilines is 1. The molecule has 4 aromatic rings. The normalized spacial score (nSPS) is 12.5. The lowest BCUT2D eigenvalue weighted by molar-refractivity contribution is 0.101. The number of aromatic nitrogens is 3. The highest BCUT2D eigenvalue weighted by Gasteiger charge is 2.31. The summed E-state index contributed by atoms with van der Waals surface area (Å²) in [7, 11) is 1.47. The highest BCUT2D eigenvalue weighted by atomic mass is 35.5. The molecule has 2 atom stereocenters. The van der Waals surface area contributed by atoms with Gasteiger partial charge in [-0.25, -0.2) is 9.83 Å². The Morgan fingerprint density at radius 2 is 1.89 bits per heavy atom. The summed E-state index contributed by atoms with van der Waals surface area (Å²) in [4.78, 5) is 33.8. The highest BCUT2D eigenvalue weighted by molar-refractivity contribution is 6.31. The third-order valence-corrected chi connectivity index (χ3v) is 6.09. The van der Waals surface area contributed by atoms with Crippen LogP contribution in [0.15, 0.2) is 70.3 Å². The minimum absolute atomic E-state index is 0.230. The third kappa shape index (κ3) is 4.52. The summed E-state index contributed by atoms with van der Waals surface area (Å²) in [5.41, 5.74) is 0.877. The standard InChI is InChI=1S/C25H20ClN5O4/c1-14(20(16-8-4-6-10-18(16)26)17-9-5-7-11-19(17)27-2)23-30-21(22(32)25(34)31(23)3)24(33)29-15-12-28-35-13-15/h4-14,20,32H,1,3H3,(H,29,33)/t14-,20+/m1/s1. The molecule has 2 N–H and O–H groups in total. The van der Waals surface area contributed by atoms with Gasteiger partial charge in [0.15, 0.2) is 11.4 Å². The molecule has 4 rings (SSSR count). The first-order valence-electron chi connectivity index (χ1n) is 10.5. The van der Waals surface area contributed by atoms with Crippen LogP contribution in [-0.4, -0.2) is 25.7 Å². The minimum atomic E-state index is -0.798. The second-order valence-electron chi connectivity index (χ2n) is 7.86. The van der Waals surface area contributed by atoms with Crippen molar-refractivity contribution in [3.63, 3.8) is 0 Å². The van der Waals surface area contributed by atoms with Crippen molar-refractivity contribution in [2.24, 2.45) is 7.05 Å². The molecule has 2 heterocycles. The van der Waals surface area contributed by atoms with Crippen LogP contribution in [0, 0.1) is 6.57 Å². The Bertz CT molecular complexity index is 1490. The summed E-state index contributed by atoms with van der Waals surface area (Å²) < 4.78 is 5.89. The Kier molecular flexibility index (Phi) is 6.66. The van der Waals surface area contributed by atoms with E-state index in [1.807, 2.05) is 31.2 Å². The van der Waals surface area contributed by atoms with Crippen LogP contribution in [0.3, 0.4) is 0 Å². The first-order valence-corrected chi connectivity index (χ1v) is 10.9. The lowest BCUT2D eigenvalue weighted by Crippen LogP contribution is -2.29. The molecule has 0 aliphatic carbocycles. The molecular weight excluding hydrogens is 470 g/mol. The number of hydrogen-bond acceptors (Lipinski definition) is 6. The summed E-state index contributed by atoms with van der Waals surface area (Å²) in [5, 5.41) is 16.9. The molecule has 0 spiro atoms. The second-order valence-corrected chi connectivity index (χ2v) is 8.26. The Morgan fingerprint density at radius 1 is 1.20 bits per heavy atom. The first kappa shape index (κ1) is 23.7. The number of hydrogen-bond donors (Lipinski definition) is 2. The van der Waals surface area contributed by atoms with Gasteiger partial charge in [0.05, 0.1) is 12.8 Å². The van der Waals surface area contributed by atoms with E-state index in [9.17, 15) is 14.7 Å². The van der Waals surface area contributed by atoms with Crippen LogP contribution >= 0.6 is 11.6 Å². The van der Waals surface area contributed by atoms with Gasteiger partial charge in [-0.05, 0) is 17.2 Å². The van der Waals surface area contributed by atoms with Gasteiger partial charge < -0.3 is 14.9 Å². The Hall–Kier alpha value is -4.42. The fourth-order valence-corrected chi connectivity index (χ4v) is 4.32.